The minimum Gasteiger partial charge on any atom is -0.312 e. The van der Waals surface area contributed by atoms with Crippen molar-refractivity contribution >= 4 is 23.2 Å². The number of nitrogens with one attached hydrogen (secondary N) is 1. The largest absolute Gasteiger partial charge is 0.312 e. The predicted octanol–water partition coefficient (Wildman–Crippen LogP) is 6.18. The van der Waals surface area contributed by atoms with Crippen molar-refractivity contribution in [3.8, 4) is 0 Å². The number of alkyl halides is 2. The van der Waals surface area contributed by atoms with Crippen LogP contribution in [-0.4, -0.2) is 97.9 Å². The molecule has 2 heterocycles. The van der Waals surface area contributed by atoms with Gasteiger partial charge in [-0.15, -0.1) is 23.2 Å². The van der Waals surface area contributed by atoms with Crippen LogP contribution in [0.3, 0.4) is 0 Å². The quantitative estimate of drug-likeness (QED) is 0.251. The van der Waals surface area contributed by atoms with Gasteiger partial charge in [-0.25, -0.2) is 0 Å². The van der Waals surface area contributed by atoms with Crippen LogP contribution in [-0.2, 0) is 0 Å². The summed E-state index contributed by atoms with van der Waals surface area (Å²) < 4.78 is 0. The van der Waals surface area contributed by atoms with Gasteiger partial charge in [0.2, 0.25) is 0 Å². The summed E-state index contributed by atoms with van der Waals surface area (Å²) >= 11 is 13.5. The van der Waals surface area contributed by atoms with Crippen molar-refractivity contribution in [1.29, 1.82) is 0 Å². The third-order valence-corrected chi connectivity index (χ3v) is 11.6. The monoisotopic (exact) mass is 568 g/mol. The Morgan fingerprint density at radius 2 is 1.82 bits per heavy atom. The van der Waals surface area contributed by atoms with E-state index in [1.807, 2.05) is 0 Å². The summed E-state index contributed by atoms with van der Waals surface area (Å²) in [7, 11) is 6.67. The number of hydrogen-bond donors (Lipinski definition) is 1. The van der Waals surface area contributed by atoms with E-state index in [-0.39, 0.29) is 5.38 Å². The predicted molar refractivity (Wildman–Crippen MR) is 165 cm³/mol. The molecule has 2 saturated heterocycles. The van der Waals surface area contributed by atoms with Gasteiger partial charge in [-0.3, -0.25) is 4.90 Å². The maximum atomic E-state index is 7.04. The Labute approximate surface area is 245 Å². The topological polar surface area (TPSA) is 21.8 Å². The fourth-order valence-electron chi connectivity index (χ4n) is 8.34. The molecule has 220 valence electrons. The lowest BCUT2D eigenvalue weighted by Crippen LogP contribution is -2.53. The van der Waals surface area contributed by atoms with Crippen molar-refractivity contribution in [1.82, 2.24) is 20.0 Å². The number of rotatable bonds is 10. The number of piperidine rings is 1. The van der Waals surface area contributed by atoms with Crippen molar-refractivity contribution < 1.29 is 0 Å². The highest BCUT2D eigenvalue weighted by molar-refractivity contribution is 6.21. The average Bonchev–Trinajstić information content (AvgIpc) is 3.14. The van der Waals surface area contributed by atoms with Gasteiger partial charge >= 0.3 is 0 Å². The highest BCUT2D eigenvalue weighted by Gasteiger charge is 2.42. The van der Waals surface area contributed by atoms with Crippen molar-refractivity contribution in [3.63, 3.8) is 0 Å². The maximum absolute atomic E-state index is 7.04. The molecule has 0 bridgehead atoms. The summed E-state index contributed by atoms with van der Waals surface area (Å²) in [5.74, 6) is 3.44. The van der Waals surface area contributed by atoms with Gasteiger partial charge in [-0.2, -0.15) is 0 Å². The molecule has 38 heavy (non-hydrogen) atoms. The number of likely N-dealkylation sites (N-methyl/N-ethyl adjacent to an activating group) is 1. The van der Waals surface area contributed by atoms with E-state index >= 15 is 0 Å². The van der Waals surface area contributed by atoms with Crippen LogP contribution in [0.5, 0.6) is 0 Å². The van der Waals surface area contributed by atoms with E-state index < -0.39 is 0 Å². The Balaban J connectivity index is 1.33. The van der Waals surface area contributed by atoms with E-state index in [2.05, 4.69) is 74.9 Å². The molecule has 6 atom stereocenters. The second-order valence-electron chi connectivity index (χ2n) is 14.7. The summed E-state index contributed by atoms with van der Waals surface area (Å²) in [6, 6.07) is 1.05. The molecule has 4 rings (SSSR count). The fourth-order valence-corrected chi connectivity index (χ4v) is 8.92. The fraction of sp³-hybridized carbons (Fsp3) is 0.938. The molecule has 2 aliphatic heterocycles. The van der Waals surface area contributed by atoms with Crippen LogP contribution in [0, 0.1) is 35.0 Å². The van der Waals surface area contributed by atoms with Crippen LogP contribution < -0.4 is 5.32 Å². The zero-order valence-corrected chi connectivity index (χ0v) is 27.1. The molecule has 0 aromatic heterocycles. The third kappa shape index (κ3) is 7.71. The maximum Gasteiger partial charge on any atom is 0.0429 e. The molecule has 1 N–H and O–H groups in total. The lowest BCUT2D eigenvalue weighted by atomic mass is 9.64. The number of halogens is 2. The van der Waals surface area contributed by atoms with Crippen molar-refractivity contribution in [2.24, 2.45) is 35.0 Å². The molecule has 1 saturated carbocycles. The highest BCUT2D eigenvalue weighted by Crippen LogP contribution is 2.45. The number of nitrogens with zero attached hydrogens (tertiary/aromatic N) is 3. The van der Waals surface area contributed by atoms with Gasteiger partial charge in [-0.1, -0.05) is 39.3 Å². The van der Waals surface area contributed by atoms with E-state index in [9.17, 15) is 0 Å². The molecule has 0 radical (unpaired) electrons. The van der Waals surface area contributed by atoms with Crippen LogP contribution in [0.25, 0.3) is 0 Å². The van der Waals surface area contributed by atoms with Crippen LogP contribution in [0.2, 0.25) is 0 Å². The van der Waals surface area contributed by atoms with Crippen molar-refractivity contribution in [2.75, 3.05) is 60.4 Å². The minimum absolute atomic E-state index is 0.219. The molecule has 4 aliphatic rings. The molecule has 4 nitrogen and oxygen atoms in total. The first-order valence-corrected chi connectivity index (χ1v) is 16.6. The number of likely N-dealkylation sites (tertiary alicyclic amines) is 2. The van der Waals surface area contributed by atoms with E-state index in [4.69, 9.17) is 23.2 Å². The Hall–Kier alpha value is 0.160. The molecular formula is C32H58Cl2N4. The van der Waals surface area contributed by atoms with E-state index in [0.29, 0.717) is 40.6 Å². The molecule has 5 unspecified atom stereocenters. The van der Waals surface area contributed by atoms with Gasteiger partial charge in [-0.05, 0) is 108 Å². The Kier molecular flexibility index (Phi) is 11.0. The normalized spacial score (nSPS) is 37.4. The summed E-state index contributed by atoms with van der Waals surface area (Å²) in [5, 5.41) is 4.66. The summed E-state index contributed by atoms with van der Waals surface area (Å²) in [5.41, 5.74) is 2.05. The first kappa shape index (κ1) is 31.1. The smallest absolute Gasteiger partial charge is 0.0429 e. The van der Waals surface area contributed by atoms with Crippen LogP contribution in [0.15, 0.2) is 11.6 Å². The van der Waals surface area contributed by atoms with Crippen molar-refractivity contribution in [3.05, 3.63) is 11.6 Å². The van der Waals surface area contributed by atoms with E-state index in [0.717, 1.165) is 37.9 Å². The molecule has 0 aromatic carbocycles. The van der Waals surface area contributed by atoms with Gasteiger partial charge in [0.25, 0.3) is 0 Å². The third-order valence-electron chi connectivity index (χ3n) is 10.7. The second kappa shape index (κ2) is 13.4. The Bertz CT molecular complexity index is 775. The van der Waals surface area contributed by atoms with Gasteiger partial charge < -0.3 is 15.1 Å². The van der Waals surface area contributed by atoms with E-state index in [1.54, 1.807) is 5.57 Å². The van der Waals surface area contributed by atoms with Crippen LogP contribution in [0.1, 0.15) is 72.6 Å². The molecule has 0 spiro atoms. The summed E-state index contributed by atoms with van der Waals surface area (Å²) in [6.45, 7) is 16.8. The zero-order chi connectivity index (χ0) is 27.6. The second-order valence-corrected chi connectivity index (χ2v) is 15.9. The Morgan fingerprint density at radius 1 is 1.11 bits per heavy atom. The van der Waals surface area contributed by atoms with Crippen molar-refractivity contribution in [2.45, 2.75) is 95.5 Å². The lowest BCUT2D eigenvalue weighted by Gasteiger charge is -2.49. The molecular weight excluding hydrogens is 511 g/mol. The highest BCUT2D eigenvalue weighted by atomic mass is 35.5. The van der Waals surface area contributed by atoms with Gasteiger partial charge in [0.1, 0.15) is 0 Å². The average molecular weight is 570 g/mol. The molecule has 0 aromatic rings. The number of fused-ring (bicyclic) bond motifs is 1. The molecule has 2 aliphatic carbocycles. The van der Waals surface area contributed by atoms with E-state index in [1.165, 1.54) is 58.2 Å². The summed E-state index contributed by atoms with van der Waals surface area (Å²) in [6.07, 6.45) is 11.4. The first-order chi connectivity index (χ1) is 17.9. The zero-order valence-electron chi connectivity index (χ0n) is 25.6. The Morgan fingerprint density at radius 3 is 2.45 bits per heavy atom. The van der Waals surface area contributed by atoms with Crippen LogP contribution in [0.4, 0.5) is 0 Å². The van der Waals surface area contributed by atoms with Gasteiger partial charge in [0.05, 0.1) is 0 Å². The SMILES string of the molecule is CC(C)[C@H](CN1CCC(C2CCC(Cl)CC2)C(C)(C)C1)NCC1C=C2C(CCN(C)C)CN(C)C2CC1Cl. The number of hydrogen-bond acceptors (Lipinski definition) is 4. The van der Waals surface area contributed by atoms with Crippen LogP contribution >= 0.6 is 23.2 Å². The molecule has 3 fully saturated rings. The van der Waals surface area contributed by atoms with Gasteiger partial charge in [0, 0.05) is 54.9 Å². The minimum atomic E-state index is 0.219. The summed E-state index contributed by atoms with van der Waals surface area (Å²) in [4.78, 5) is 7.63. The van der Waals surface area contributed by atoms with Gasteiger partial charge in [0.15, 0.2) is 0 Å². The lowest BCUT2D eigenvalue weighted by molar-refractivity contribution is 0.00472. The standard InChI is InChI=1S/C32H58Cl2N4/c1-22(2)30(20-38-15-13-28(32(3,4)21-38)23-8-10-26(33)11-9-23)35-18-25-16-27-24(12-14-36(5)6)19-37(7)31(27)17-29(25)34/h16,22-26,28-31,35H,8-15,17-21H2,1-7H3/t23?,24?,25?,26?,28?,29?,30-,31?/m0/s1. The molecule has 6 heteroatoms. The molecule has 0 amide bonds. The first-order valence-electron chi connectivity index (χ1n) is 15.7.